The van der Waals surface area contributed by atoms with Crippen LogP contribution >= 0.6 is 11.3 Å². The molecule has 0 spiro atoms. The molecule has 0 radical (unpaired) electrons. The number of carbonyl (C=O) groups excluding carboxylic acids is 1. The predicted molar refractivity (Wildman–Crippen MR) is 78.3 cm³/mol. The summed E-state index contributed by atoms with van der Waals surface area (Å²) in [5.41, 5.74) is 1.71. The van der Waals surface area contributed by atoms with Crippen LogP contribution in [0.1, 0.15) is 38.1 Å². The number of thiophene rings is 1. The van der Waals surface area contributed by atoms with Gasteiger partial charge in [-0.05, 0) is 41.6 Å². The van der Waals surface area contributed by atoms with Gasteiger partial charge < -0.3 is 10.4 Å². The highest BCUT2D eigenvalue weighted by Gasteiger charge is 2.10. The number of amides is 1. The maximum Gasteiger partial charge on any atom is 0.335 e. The van der Waals surface area contributed by atoms with Crippen molar-refractivity contribution in [2.75, 3.05) is 0 Å². The molecule has 2 N–H and O–H groups in total. The summed E-state index contributed by atoms with van der Waals surface area (Å²) in [7, 11) is 0. The van der Waals surface area contributed by atoms with E-state index in [4.69, 9.17) is 5.11 Å². The Morgan fingerprint density at radius 1 is 1.25 bits per heavy atom. The SMILES string of the molecule is CCc1ccsc1CNC(=O)c1cccc(C(=O)O)c1. The molecule has 0 fully saturated rings. The minimum Gasteiger partial charge on any atom is -0.478 e. The second kappa shape index (κ2) is 6.34. The van der Waals surface area contributed by atoms with Crippen LogP contribution in [0.4, 0.5) is 0 Å². The van der Waals surface area contributed by atoms with E-state index in [2.05, 4.69) is 18.3 Å². The van der Waals surface area contributed by atoms with E-state index < -0.39 is 5.97 Å². The first-order valence-corrected chi connectivity index (χ1v) is 7.16. The van der Waals surface area contributed by atoms with Gasteiger partial charge in [0.05, 0.1) is 12.1 Å². The topological polar surface area (TPSA) is 66.4 Å². The molecule has 1 heterocycles. The van der Waals surface area contributed by atoms with Gasteiger partial charge in [0.1, 0.15) is 0 Å². The first kappa shape index (κ1) is 14.3. The summed E-state index contributed by atoms with van der Waals surface area (Å²) in [5, 5.41) is 13.7. The van der Waals surface area contributed by atoms with Gasteiger partial charge in [-0.1, -0.05) is 13.0 Å². The van der Waals surface area contributed by atoms with Crippen molar-refractivity contribution in [3.05, 3.63) is 57.3 Å². The number of hydrogen-bond acceptors (Lipinski definition) is 3. The van der Waals surface area contributed by atoms with Crippen molar-refractivity contribution < 1.29 is 14.7 Å². The first-order chi connectivity index (χ1) is 9.61. The quantitative estimate of drug-likeness (QED) is 0.889. The minimum atomic E-state index is -1.04. The van der Waals surface area contributed by atoms with Crippen LogP contribution in [-0.2, 0) is 13.0 Å². The summed E-state index contributed by atoms with van der Waals surface area (Å²) in [6.45, 7) is 2.54. The number of aryl methyl sites for hydroxylation is 1. The van der Waals surface area contributed by atoms with Crippen LogP contribution in [0.3, 0.4) is 0 Å². The fourth-order valence-electron chi connectivity index (χ4n) is 1.89. The summed E-state index contributed by atoms with van der Waals surface area (Å²) in [6, 6.07) is 8.08. The number of carboxylic acids is 1. The fraction of sp³-hybridized carbons (Fsp3) is 0.200. The number of aromatic carboxylic acids is 1. The van der Waals surface area contributed by atoms with E-state index in [1.54, 1.807) is 23.5 Å². The Kier molecular flexibility index (Phi) is 4.53. The summed E-state index contributed by atoms with van der Waals surface area (Å²) >= 11 is 1.61. The summed E-state index contributed by atoms with van der Waals surface area (Å²) in [5.74, 6) is -1.30. The van der Waals surface area contributed by atoms with Gasteiger partial charge in [0, 0.05) is 10.4 Å². The zero-order valence-corrected chi connectivity index (χ0v) is 11.9. The van der Waals surface area contributed by atoms with Gasteiger partial charge >= 0.3 is 5.97 Å². The molecule has 5 heteroatoms. The number of carboxylic acid groups (broad SMARTS) is 1. The minimum absolute atomic E-state index is 0.114. The molecule has 4 nitrogen and oxygen atoms in total. The highest BCUT2D eigenvalue weighted by atomic mass is 32.1. The third kappa shape index (κ3) is 3.24. The third-order valence-electron chi connectivity index (χ3n) is 3.00. The van der Waals surface area contributed by atoms with Crippen molar-refractivity contribution in [1.29, 1.82) is 0 Å². The lowest BCUT2D eigenvalue weighted by atomic mass is 10.1. The molecule has 1 amide bonds. The number of rotatable bonds is 5. The summed E-state index contributed by atoms with van der Waals surface area (Å²) in [6.07, 6.45) is 0.934. The molecule has 104 valence electrons. The van der Waals surface area contributed by atoms with E-state index in [0.29, 0.717) is 12.1 Å². The van der Waals surface area contributed by atoms with Crippen LogP contribution in [0, 0.1) is 0 Å². The number of hydrogen-bond donors (Lipinski definition) is 2. The fourth-order valence-corrected chi connectivity index (χ4v) is 2.81. The van der Waals surface area contributed by atoms with Gasteiger partial charge in [-0.2, -0.15) is 0 Å². The van der Waals surface area contributed by atoms with Gasteiger partial charge in [-0.3, -0.25) is 4.79 Å². The molecule has 0 bridgehead atoms. The van der Waals surface area contributed by atoms with Gasteiger partial charge in [0.25, 0.3) is 5.91 Å². The molecular formula is C15H15NO3S. The third-order valence-corrected chi connectivity index (χ3v) is 3.96. The van der Waals surface area contributed by atoms with Crippen molar-refractivity contribution >= 4 is 23.2 Å². The molecule has 2 rings (SSSR count). The normalized spacial score (nSPS) is 10.2. The Bertz CT molecular complexity index is 634. The molecule has 0 saturated heterocycles. The number of benzene rings is 1. The largest absolute Gasteiger partial charge is 0.478 e. The monoisotopic (exact) mass is 289 g/mol. The van der Waals surface area contributed by atoms with Crippen molar-refractivity contribution in [1.82, 2.24) is 5.32 Å². The van der Waals surface area contributed by atoms with E-state index >= 15 is 0 Å². The van der Waals surface area contributed by atoms with E-state index in [0.717, 1.165) is 11.3 Å². The molecule has 0 aliphatic carbocycles. The summed E-state index contributed by atoms with van der Waals surface area (Å²) < 4.78 is 0. The number of carbonyl (C=O) groups is 2. The van der Waals surface area contributed by atoms with Crippen molar-refractivity contribution in [2.24, 2.45) is 0 Å². The van der Waals surface area contributed by atoms with Crippen LogP contribution in [0.15, 0.2) is 35.7 Å². The Labute approximate surface area is 121 Å². The second-order valence-electron chi connectivity index (χ2n) is 4.29. The Morgan fingerprint density at radius 2 is 2.00 bits per heavy atom. The van der Waals surface area contributed by atoms with Crippen LogP contribution < -0.4 is 5.32 Å². The Balaban J connectivity index is 2.05. The zero-order chi connectivity index (χ0) is 14.5. The molecule has 0 atom stereocenters. The van der Waals surface area contributed by atoms with E-state index in [9.17, 15) is 9.59 Å². The second-order valence-corrected chi connectivity index (χ2v) is 5.29. The number of nitrogens with one attached hydrogen (secondary N) is 1. The Hall–Kier alpha value is -2.14. The van der Waals surface area contributed by atoms with Crippen LogP contribution in [-0.4, -0.2) is 17.0 Å². The Morgan fingerprint density at radius 3 is 2.70 bits per heavy atom. The summed E-state index contributed by atoms with van der Waals surface area (Å²) in [4.78, 5) is 24.0. The van der Waals surface area contributed by atoms with E-state index in [1.165, 1.54) is 17.7 Å². The molecule has 2 aromatic rings. The van der Waals surface area contributed by atoms with Crippen LogP contribution in [0.5, 0.6) is 0 Å². The molecule has 1 aromatic carbocycles. The first-order valence-electron chi connectivity index (χ1n) is 6.28. The van der Waals surface area contributed by atoms with Crippen molar-refractivity contribution in [3.63, 3.8) is 0 Å². The molecule has 0 aliphatic heterocycles. The molecule has 0 aliphatic rings. The maximum atomic E-state index is 12.0. The van der Waals surface area contributed by atoms with Crippen molar-refractivity contribution in [2.45, 2.75) is 19.9 Å². The average Bonchev–Trinajstić information content (AvgIpc) is 2.92. The smallest absolute Gasteiger partial charge is 0.335 e. The highest BCUT2D eigenvalue weighted by Crippen LogP contribution is 2.17. The molecular weight excluding hydrogens is 274 g/mol. The lowest BCUT2D eigenvalue weighted by Gasteiger charge is -2.06. The van der Waals surface area contributed by atoms with Gasteiger partial charge in [-0.15, -0.1) is 11.3 Å². The average molecular weight is 289 g/mol. The van der Waals surface area contributed by atoms with Crippen LogP contribution in [0.25, 0.3) is 0 Å². The molecule has 0 saturated carbocycles. The molecule has 1 aromatic heterocycles. The maximum absolute atomic E-state index is 12.0. The highest BCUT2D eigenvalue weighted by molar-refractivity contribution is 7.10. The van der Waals surface area contributed by atoms with Gasteiger partial charge in [0.15, 0.2) is 0 Å². The zero-order valence-electron chi connectivity index (χ0n) is 11.1. The van der Waals surface area contributed by atoms with Gasteiger partial charge in [0.2, 0.25) is 0 Å². The van der Waals surface area contributed by atoms with Crippen LogP contribution in [0.2, 0.25) is 0 Å². The van der Waals surface area contributed by atoms with E-state index in [-0.39, 0.29) is 11.5 Å². The lowest BCUT2D eigenvalue weighted by molar-refractivity contribution is 0.0697. The van der Waals surface area contributed by atoms with Gasteiger partial charge in [-0.25, -0.2) is 4.79 Å². The molecule has 0 unspecified atom stereocenters. The standard InChI is InChI=1S/C15H15NO3S/c1-2-10-6-7-20-13(10)9-16-14(17)11-4-3-5-12(8-11)15(18)19/h3-8H,2,9H2,1H3,(H,16,17)(H,18,19). The van der Waals surface area contributed by atoms with E-state index in [1.807, 2.05) is 5.38 Å². The van der Waals surface area contributed by atoms with Crippen molar-refractivity contribution in [3.8, 4) is 0 Å². The molecule has 20 heavy (non-hydrogen) atoms. The predicted octanol–water partition coefficient (Wildman–Crippen LogP) is 2.94. The lowest BCUT2D eigenvalue weighted by Crippen LogP contribution is -2.23.